The van der Waals surface area contributed by atoms with Gasteiger partial charge in [-0.2, -0.15) is 0 Å². The number of pyridine rings is 1. The van der Waals surface area contributed by atoms with Crippen molar-refractivity contribution in [2.75, 3.05) is 5.32 Å². The summed E-state index contributed by atoms with van der Waals surface area (Å²) in [5.41, 5.74) is -0.281. The molecule has 0 saturated carbocycles. The average molecular weight is 328 g/mol. The molecule has 0 unspecified atom stereocenters. The lowest BCUT2D eigenvalue weighted by Gasteiger charge is -2.08. The van der Waals surface area contributed by atoms with Gasteiger partial charge in [-0.05, 0) is 24.3 Å². The van der Waals surface area contributed by atoms with Crippen LogP contribution in [0.5, 0.6) is 0 Å². The van der Waals surface area contributed by atoms with Crippen LogP contribution in [-0.2, 0) is 0 Å². The highest BCUT2D eigenvalue weighted by molar-refractivity contribution is 6.42. The highest BCUT2D eigenvalue weighted by Gasteiger charge is 2.18. The summed E-state index contributed by atoms with van der Waals surface area (Å²) < 4.78 is 0. The lowest BCUT2D eigenvalue weighted by atomic mass is 10.3. The van der Waals surface area contributed by atoms with E-state index in [1.54, 1.807) is 0 Å². The summed E-state index contributed by atoms with van der Waals surface area (Å²) >= 11 is 11.6. The number of nitro groups is 1. The molecule has 2 rings (SSSR count). The number of nitrogens with zero attached hydrogens (tertiary/aromatic N) is 2. The molecule has 0 aliphatic rings. The third-order valence-corrected chi connectivity index (χ3v) is 3.21. The molecule has 9 heteroatoms. The Labute approximate surface area is 128 Å². The van der Waals surface area contributed by atoms with Crippen molar-refractivity contribution < 1.29 is 14.8 Å². The van der Waals surface area contributed by atoms with Crippen LogP contribution in [0.2, 0.25) is 10.0 Å². The maximum atomic E-state index is 10.9. The van der Waals surface area contributed by atoms with Crippen LogP contribution >= 0.6 is 23.2 Å². The first-order valence-corrected chi connectivity index (χ1v) is 6.25. The van der Waals surface area contributed by atoms with Crippen molar-refractivity contribution in [1.29, 1.82) is 0 Å². The van der Waals surface area contributed by atoms with Gasteiger partial charge < -0.3 is 10.4 Å². The summed E-state index contributed by atoms with van der Waals surface area (Å²) in [6, 6.07) is 6.60. The molecule has 0 amide bonds. The number of aromatic carboxylic acids is 1. The van der Waals surface area contributed by atoms with Gasteiger partial charge in [0.2, 0.25) is 5.82 Å². The van der Waals surface area contributed by atoms with E-state index >= 15 is 0 Å². The van der Waals surface area contributed by atoms with Crippen LogP contribution in [0.25, 0.3) is 0 Å². The zero-order valence-corrected chi connectivity index (χ0v) is 11.7. The molecule has 0 radical (unpaired) electrons. The molecule has 1 aromatic carbocycles. The number of carboxylic acids is 1. The number of hydrogen-bond acceptors (Lipinski definition) is 5. The second-order valence-corrected chi connectivity index (χ2v) is 4.69. The number of aromatic nitrogens is 1. The zero-order valence-electron chi connectivity index (χ0n) is 10.2. The summed E-state index contributed by atoms with van der Waals surface area (Å²) in [4.78, 5) is 24.9. The van der Waals surface area contributed by atoms with Crippen molar-refractivity contribution in [2.45, 2.75) is 0 Å². The fourth-order valence-corrected chi connectivity index (χ4v) is 1.82. The molecule has 7 nitrogen and oxygen atoms in total. The molecular formula is C12H7Cl2N3O4. The van der Waals surface area contributed by atoms with E-state index in [0.717, 1.165) is 12.1 Å². The molecule has 2 N–H and O–H groups in total. The van der Waals surface area contributed by atoms with Crippen molar-refractivity contribution in [3.8, 4) is 0 Å². The molecule has 108 valence electrons. The number of carbonyl (C=O) groups is 1. The van der Waals surface area contributed by atoms with Crippen LogP contribution in [0.3, 0.4) is 0 Å². The Morgan fingerprint density at radius 3 is 2.52 bits per heavy atom. The van der Waals surface area contributed by atoms with E-state index in [9.17, 15) is 14.9 Å². The molecule has 0 aliphatic carbocycles. The third kappa shape index (κ3) is 3.39. The Hall–Kier alpha value is -2.38. The average Bonchev–Trinajstić information content (AvgIpc) is 2.42. The van der Waals surface area contributed by atoms with Gasteiger partial charge in [0.15, 0.2) is 5.69 Å². The number of halogens is 2. The summed E-state index contributed by atoms with van der Waals surface area (Å²) in [5, 5.41) is 23.1. The Kier molecular flexibility index (Phi) is 4.25. The lowest BCUT2D eigenvalue weighted by molar-refractivity contribution is -0.384. The third-order valence-electron chi connectivity index (χ3n) is 2.47. The molecule has 21 heavy (non-hydrogen) atoms. The van der Waals surface area contributed by atoms with Crippen LogP contribution in [-0.4, -0.2) is 21.0 Å². The first kappa shape index (κ1) is 15.0. The molecule has 0 bridgehead atoms. The number of benzene rings is 1. The molecule has 0 atom stereocenters. The predicted molar refractivity (Wildman–Crippen MR) is 77.6 cm³/mol. The van der Waals surface area contributed by atoms with Crippen molar-refractivity contribution >= 4 is 46.4 Å². The van der Waals surface area contributed by atoms with Gasteiger partial charge in [0.25, 0.3) is 0 Å². The van der Waals surface area contributed by atoms with Crippen molar-refractivity contribution in [2.24, 2.45) is 0 Å². The van der Waals surface area contributed by atoms with Crippen molar-refractivity contribution in [3.63, 3.8) is 0 Å². The number of carboxylic acid groups (broad SMARTS) is 1. The minimum absolute atomic E-state index is 0.196. The molecule has 1 heterocycles. The molecule has 2 aromatic rings. The van der Waals surface area contributed by atoms with Gasteiger partial charge in [0, 0.05) is 11.8 Å². The molecule has 1 aromatic heterocycles. The summed E-state index contributed by atoms with van der Waals surface area (Å²) in [7, 11) is 0. The van der Waals surface area contributed by atoms with Gasteiger partial charge in [-0.1, -0.05) is 23.2 Å². The van der Waals surface area contributed by atoms with Crippen LogP contribution in [0, 0.1) is 10.1 Å². The molecule has 0 aliphatic heterocycles. The monoisotopic (exact) mass is 327 g/mol. The van der Waals surface area contributed by atoms with Gasteiger partial charge in [0.1, 0.15) is 0 Å². The maximum absolute atomic E-state index is 10.9. The van der Waals surface area contributed by atoms with E-state index in [0.29, 0.717) is 10.7 Å². The Bertz CT molecular complexity index is 736. The standard InChI is InChI=1S/C12H7Cl2N3O4/c13-7-2-1-6(5-8(7)14)15-11-10(17(20)21)4-3-9(16-11)12(18)19/h1-5H,(H,15,16)(H,18,19). The van der Waals surface area contributed by atoms with Gasteiger partial charge >= 0.3 is 11.7 Å². The topological polar surface area (TPSA) is 105 Å². The van der Waals surface area contributed by atoms with E-state index in [-0.39, 0.29) is 22.2 Å². The maximum Gasteiger partial charge on any atom is 0.354 e. The van der Waals surface area contributed by atoms with Crippen LogP contribution in [0.1, 0.15) is 10.5 Å². The van der Waals surface area contributed by atoms with E-state index in [1.165, 1.54) is 18.2 Å². The molecule has 0 spiro atoms. The first-order chi connectivity index (χ1) is 9.88. The second kappa shape index (κ2) is 5.94. The van der Waals surface area contributed by atoms with Gasteiger partial charge in [-0.3, -0.25) is 10.1 Å². The normalized spacial score (nSPS) is 10.2. The summed E-state index contributed by atoms with van der Waals surface area (Å²) in [5.74, 6) is -1.49. The van der Waals surface area contributed by atoms with Crippen LogP contribution < -0.4 is 5.32 Å². The molecule has 0 saturated heterocycles. The Balaban J connectivity index is 2.45. The minimum atomic E-state index is -1.29. The van der Waals surface area contributed by atoms with E-state index in [4.69, 9.17) is 28.3 Å². The lowest BCUT2D eigenvalue weighted by Crippen LogP contribution is -2.06. The van der Waals surface area contributed by atoms with Gasteiger partial charge in [-0.25, -0.2) is 9.78 Å². The summed E-state index contributed by atoms with van der Waals surface area (Å²) in [6.45, 7) is 0. The molecular weight excluding hydrogens is 321 g/mol. The van der Waals surface area contributed by atoms with Crippen LogP contribution in [0.15, 0.2) is 30.3 Å². The van der Waals surface area contributed by atoms with E-state index in [2.05, 4.69) is 10.3 Å². The minimum Gasteiger partial charge on any atom is -0.477 e. The number of rotatable bonds is 4. The Morgan fingerprint density at radius 2 is 1.95 bits per heavy atom. The van der Waals surface area contributed by atoms with Crippen molar-refractivity contribution in [3.05, 3.63) is 56.2 Å². The van der Waals surface area contributed by atoms with Gasteiger partial charge in [0.05, 0.1) is 15.0 Å². The van der Waals surface area contributed by atoms with Crippen molar-refractivity contribution in [1.82, 2.24) is 4.98 Å². The molecule has 0 fully saturated rings. The number of anilines is 2. The number of hydrogen-bond donors (Lipinski definition) is 2. The number of nitrogens with one attached hydrogen (secondary N) is 1. The SMILES string of the molecule is O=C(O)c1ccc([N+](=O)[O-])c(Nc2ccc(Cl)c(Cl)c2)n1. The van der Waals surface area contributed by atoms with E-state index < -0.39 is 10.9 Å². The quantitative estimate of drug-likeness (QED) is 0.654. The predicted octanol–water partition coefficient (Wildman–Crippen LogP) is 3.74. The summed E-state index contributed by atoms with van der Waals surface area (Å²) in [6.07, 6.45) is 0. The van der Waals surface area contributed by atoms with Crippen LogP contribution in [0.4, 0.5) is 17.2 Å². The second-order valence-electron chi connectivity index (χ2n) is 3.88. The first-order valence-electron chi connectivity index (χ1n) is 5.49. The highest BCUT2D eigenvalue weighted by Crippen LogP contribution is 2.29. The van der Waals surface area contributed by atoms with E-state index in [1.807, 2.05) is 0 Å². The fraction of sp³-hybridized carbons (Fsp3) is 0. The Morgan fingerprint density at radius 1 is 1.24 bits per heavy atom. The largest absolute Gasteiger partial charge is 0.477 e. The zero-order chi connectivity index (χ0) is 15.6. The fourth-order valence-electron chi connectivity index (χ4n) is 1.52. The van der Waals surface area contributed by atoms with Gasteiger partial charge in [-0.15, -0.1) is 0 Å². The highest BCUT2D eigenvalue weighted by atomic mass is 35.5. The smallest absolute Gasteiger partial charge is 0.354 e.